The Balaban J connectivity index is 1.92. The van der Waals surface area contributed by atoms with E-state index >= 15 is 0 Å². The molecule has 0 atom stereocenters. The zero-order valence-corrected chi connectivity index (χ0v) is 12.8. The number of pyridine rings is 1. The Morgan fingerprint density at radius 3 is 2.77 bits per heavy atom. The first-order valence-corrected chi connectivity index (χ1v) is 7.11. The van der Waals surface area contributed by atoms with E-state index in [0.717, 1.165) is 18.5 Å². The second kappa shape index (κ2) is 5.40. The van der Waals surface area contributed by atoms with Crippen molar-refractivity contribution >= 4 is 23.0 Å². The maximum absolute atomic E-state index is 12.3. The molecule has 0 aliphatic heterocycles. The standard InChI is InChI=1S/C15H17N3O4/c1-8-13-10(15(20)21-7-12(19)18(2)3)6-11(9-4-5-9)16-14(13)22-17-8/h6,9H,4-5,7H2,1-3H3. The number of esters is 1. The number of rotatable bonds is 4. The number of carbonyl (C=O) groups is 2. The van der Waals surface area contributed by atoms with Crippen molar-refractivity contribution in [3.8, 4) is 0 Å². The Hall–Kier alpha value is -2.44. The van der Waals surface area contributed by atoms with Crippen LogP contribution in [0.5, 0.6) is 0 Å². The lowest BCUT2D eigenvalue weighted by Crippen LogP contribution is -2.27. The smallest absolute Gasteiger partial charge is 0.339 e. The predicted octanol–water partition coefficient (Wildman–Crippen LogP) is 1.65. The number of hydrogen-bond donors (Lipinski definition) is 0. The highest BCUT2D eigenvalue weighted by molar-refractivity contribution is 6.03. The SMILES string of the molecule is Cc1noc2nc(C3CC3)cc(C(=O)OCC(=O)N(C)C)c12. The number of carbonyl (C=O) groups excluding carboxylic acids is 2. The fraction of sp³-hybridized carbons (Fsp3) is 0.467. The van der Waals surface area contributed by atoms with Crippen LogP contribution >= 0.6 is 0 Å². The van der Waals surface area contributed by atoms with Crippen LogP contribution in [0, 0.1) is 6.92 Å². The average Bonchev–Trinajstić information content (AvgIpc) is 3.28. The van der Waals surface area contributed by atoms with E-state index in [4.69, 9.17) is 9.26 Å². The molecule has 0 aromatic carbocycles. The van der Waals surface area contributed by atoms with Crippen molar-refractivity contribution in [3.05, 3.63) is 23.0 Å². The van der Waals surface area contributed by atoms with E-state index in [2.05, 4.69) is 10.1 Å². The highest BCUT2D eigenvalue weighted by Gasteiger charge is 2.29. The molecule has 0 saturated heterocycles. The fourth-order valence-corrected chi connectivity index (χ4v) is 2.20. The van der Waals surface area contributed by atoms with Gasteiger partial charge < -0.3 is 14.2 Å². The molecule has 2 heterocycles. The van der Waals surface area contributed by atoms with Crippen LogP contribution in [-0.4, -0.2) is 47.6 Å². The van der Waals surface area contributed by atoms with Crippen LogP contribution in [0.1, 0.15) is 40.5 Å². The molecule has 7 nitrogen and oxygen atoms in total. The summed E-state index contributed by atoms with van der Waals surface area (Å²) >= 11 is 0. The molecule has 116 valence electrons. The molecular formula is C15H17N3O4. The third-order valence-corrected chi connectivity index (χ3v) is 3.68. The van der Waals surface area contributed by atoms with Gasteiger partial charge in [-0.2, -0.15) is 0 Å². The van der Waals surface area contributed by atoms with E-state index in [9.17, 15) is 9.59 Å². The topological polar surface area (TPSA) is 85.5 Å². The number of likely N-dealkylation sites (N-methyl/N-ethyl adjacent to an activating group) is 1. The molecule has 7 heteroatoms. The van der Waals surface area contributed by atoms with Gasteiger partial charge in [-0.05, 0) is 25.8 Å². The van der Waals surface area contributed by atoms with E-state index in [1.807, 2.05) is 0 Å². The monoisotopic (exact) mass is 303 g/mol. The molecule has 0 spiro atoms. The summed E-state index contributed by atoms with van der Waals surface area (Å²) in [6, 6.07) is 1.73. The van der Waals surface area contributed by atoms with Gasteiger partial charge in [-0.15, -0.1) is 0 Å². The number of aryl methyl sites for hydroxylation is 1. The fourth-order valence-electron chi connectivity index (χ4n) is 2.20. The highest BCUT2D eigenvalue weighted by Crippen LogP contribution is 2.40. The molecule has 0 unspecified atom stereocenters. The van der Waals surface area contributed by atoms with E-state index in [-0.39, 0.29) is 12.5 Å². The van der Waals surface area contributed by atoms with E-state index in [0.29, 0.717) is 28.3 Å². The van der Waals surface area contributed by atoms with Gasteiger partial charge in [0.25, 0.3) is 11.6 Å². The first kappa shape index (κ1) is 14.5. The Labute approximate surface area is 127 Å². The van der Waals surface area contributed by atoms with Crippen LogP contribution in [0.25, 0.3) is 11.1 Å². The number of amides is 1. The summed E-state index contributed by atoms with van der Waals surface area (Å²) in [5.74, 6) is -0.469. The van der Waals surface area contributed by atoms with Crippen LogP contribution in [0.4, 0.5) is 0 Å². The largest absolute Gasteiger partial charge is 0.452 e. The summed E-state index contributed by atoms with van der Waals surface area (Å²) in [7, 11) is 3.21. The molecule has 1 saturated carbocycles. The molecule has 1 fully saturated rings. The first-order valence-electron chi connectivity index (χ1n) is 7.11. The van der Waals surface area contributed by atoms with Crippen molar-refractivity contribution in [2.24, 2.45) is 0 Å². The predicted molar refractivity (Wildman–Crippen MR) is 77.5 cm³/mol. The Morgan fingerprint density at radius 2 is 2.14 bits per heavy atom. The second-order valence-electron chi connectivity index (χ2n) is 5.68. The van der Waals surface area contributed by atoms with Crippen molar-refractivity contribution in [2.45, 2.75) is 25.7 Å². The molecule has 1 amide bonds. The molecule has 0 radical (unpaired) electrons. The quantitative estimate of drug-likeness (QED) is 0.798. The number of fused-ring (bicyclic) bond motifs is 1. The number of ether oxygens (including phenoxy) is 1. The van der Waals surface area contributed by atoms with Crippen molar-refractivity contribution < 1.29 is 18.8 Å². The molecule has 0 bridgehead atoms. The summed E-state index contributed by atoms with van der Waals surface area (Å²) in [4.78, 5) is 29.7. The molecule has 22 heavy (non-hydrogen) atoms. The maximum atomic E-state index is 12.3. The van der Waals surface area contributed by atoms with E-state index in [1.165, 1.54) is 4.90 Å². The molecule has 2 aromatic rings. The average molecular weight is 303 g/mol. The summed E-state index contributed by atoms with van der Waals surface area (Å²) in [6.07, 6.45) is 2.11. The Bertz CT molecular complexity index is 747. The van der Waals surface area contributed by atoms with Gasteiger partial charge in [0, 0.05) is 25.7 Å². The minimum Gasteiger partial charge on any atom is -0.452 e. The van der Waals surface area contributed by atoms with Crippen LogP contribution in [0.15, 0.2) is 10.6 Å². The number of aromatic nitrogens is 2. The van der Waals surface area contributed by atoms with Gasteiger partial charge in [0.1, 0.15) is 0 Å². The lowest BCUT2D eigenvalue weighted by molar-refractivity contribution is -0.131. The molecule has 0 N–H and O–H groups in total. The number of nitrogens with zero attached hydrogens (tertiary/aromatic N) is 3. The van der Waals surface area contributed by atoms with Crippen LogP contribution in [0.3, 0.4) is 0 Å². The van der Waals surface area contributed by atoms with Gasteiger partial charge in [0.15, 0.2) is 6.61 Å². The van der Waals surface area contributed by atoms with Gasteiger partial charge in [-0.1, -0.05) is 5.16 Å². The third-order valence-electron chi connectivity index (χ3n) is 3.68. The van der Waals surface area contributed by atoms with Crippen molar-refractivity contribution in [3.63, 3.8) is 0 Å². The maximum Gasteiger partial charge on any atom is 0.339 e. The lowest BCUT2D eigenvalue weighted by Gasteiger charge is -2.11. The van der Waals surface area contributed by atoms with Crippen LogP contribution < -0.4 is 0 Å². The van der Waals surface area contributed by atoms with Crippen LogP contribution in [-0.2, 0) is 9.53 Å². The van der Waals surface area contributed by atoms with Crippen molar-refractivity contribution in [2.75, 3.05) is 20.7 Å². The Morgan fingerprint density at radius 1 is 1.41 bits per heavy atom. The lowest BCUT2D eigenvalue weighted by atomic mass is 10.1. The zero-order chi connectivity index (χ0) is 15.9. The molecule has 2 aromatic heterocycles. The summed E-state index contributed by atoms with van der Waals surface area (Å²) < 4.78 is 10.3. The van der Waals surface area contributed by atoms with E-state index in [1.54, 1.807) is 27.1 Å². The molecular weight excluding hydrogens is 286 g/mol. The molecule has 1 aliphatic carbocycles. The summed E-state index contributed by atoms with van der Waals surface area (Å²) in [5.41, 5.74) is 2.09. The second-order valence-corrected chi connectivity index (χ2v) is 5.68. The van der Waals surface area contributed by atoms with E-state index < -0.39 is 5.97 Å². The summed E-state index contributed by atoms with van der Waals surface area (Å²) in [6.45, 7) is 1.45. The van der Waals surface area contributed by atoms with Gasteiger partial charge in [-0.3, -0.25) is 4.79 Å². The minimum atomic E-state index is -0.559. The van der Waals surface area contributed by atoms with Gasteiger partial charge in [0.05, 0.1) is 16.6 Å². The van der Waals surface area contributed by atoms with Gasteiger partial charge in [-0.25, -0.2) is 9.78 Å². The van der Waals surface area contributed by atoms with Gasteiger partial charge in [0.2, 0.25) is 0 Å². The Kier molecular flexibility index (Phi) is 3.56. The van der Waals surface area contributed by atoms with Crippen molar-refractivity contribution in [1.29, 1.82) is 0 Å². The zero-order valence-electron chi connectivity index (χ0n) is 12.8. The normalized spacial score (nSPS) is 14.1. The third kappa shape index (κ3) is 2.66. The molecule has 1 aliphatic rings. The summed E-state index contributed by atoms with van der Waals surface area (Å²) in [5, 5.41) is 4.41. The van der Waals surface area contributed by atoms with Crippen molar-refractivity contribution in [1.82, 2.24) is 15.0 Å². The molecule has 3 rings (SSSR count). The number of hydrogen-bond acceptors (Lipinski definition) is 6. The highest BCUT2D eigenvalue weighted by atomic mass is 16.5. The first-order chi connectivity index (χ1) is 10.5. The minimum absolute atomic E-state index is 0.275. The van der Waals surface area contributed by atoms with Gasteiger partial charge >= 0.3 is 5.97 Å². The van der Waals surface area contributed by atoms with Crippen LogP contribution in [0.2, 0.25) is 0 Å².